The van der Waals surface area contributed by atoms with E-state index in [4.69, 9.17) is 9.72 Å². The summed E-state index contributed by atoms with van der Waals surface area (Å²) in [6, 6.07) is 7.05. The van der Waals surface area contributed by atoms with Crippen molar-refractivity contribution >= 4 is 16.8 Å². The zero-order chi connectivity index (χ0) is 19.3. The molecule has 0 aliphatic heterocycles. The minimum atomic E-state index is -0.265. The second-order valence-electron chi connectivity index (χ2n) is 6.95. The number of carbonyl (C=O) groups is 1. The predicted octanol–water partition coefficient (Wildman–Crippen LogP) is 2.91. The molecule has 0 saturated heterocycles. The Kier molecular flexibility index (Phi) is 6.91. The molecule has 1 aromatic carbocycles. The van der Waals surface area contributed by atoms with E-state index in [0.717, 1.165) is 0 Å². The first-order valence-electron chi connectivity index (χ1n) is 9.14. The van der Waals surface area contributed by atoms with E-state index in [1.165, 1.54) is 0 Å². The Bertz CT molecular complexity index is 814. The van der Waals surface area contributed by atoms with Crippen molar-refractivity contribution in [3.8, 4) is 0 Å². The molecule has 0 aliphatic rings. The highest BCUT2D eigenvalue weighted by atomic mass is 16.5. The first-order valence-corrected chi connectivity index (χ1v) is 9.14. The van der Waals surface area contributed by atoms with E-state index in [2.05, 4.69) is 0 Å². The van der Waals surface area contributed by atoms with Crippen molar-refractivity contribution in [2.75, 3.05) is 20.3 Å². The topological polar surface area (TPSA) is 64.4 Å². The molecule has 6 heteroatoms. The molecular formula is C20H29N3O3. The molecule has 1 heterocycles. The van der Waals surface area contributed by atoms with E-state index in [1.54, 1.807) is 29.7 Å². The quantitative estimate of drug-likeness (QED) is 0.727. The SMILES string of the molecule is CCC(c1nc2ccccc2c(=O)n1C)N(CCOC)C(=O)CC(C)C. The molecule has 1 aromatic heterocycles. The van der Waals surface area contributed by atoms with Crippen LogP contribution in [0.2, 0.25) is 0 Å². The number of nitrogens with zero attached hydrogens (tertiary/aromatic N) is 3. The summed E-state index contributed by atoms with van der Waals surface area (Å²) in [5.41, 5.74) is 0.569. The van der Waals surface area contributed by atoms with Gasteiger partial charge in [0.05, 0.1) is 23.6 Å². The van der Waals surface area contributed by atoms with E-state index >= 15 is 0 Å². The molecule has 0 fully saturated rings. The third kappa shape index (κ3) is 4.30. The Morgan fingerprint density at radius 3 is 2.62 bits per heavy atom. The Morgan fingerprint density at radius 1 is 1.31 bits per heavy atom. The van der Waals surface area contributed by atoms with Crippen molar-refractivity contribution in [2.24, 2.45) is 13.0 Å². The lowest BCUT2D eigenvalue weighted by molar-refractivity contribution is -0.135. The third-order valence-electron chi connectivity index (χ3n) is 4.52. The van der Waals surface area contributed by atoms with Crippen LogP contribution in [0.25, 0.3) is 10.9 Å². The lowest BCUT2D eigenvalue weighted by Gasteiger charge is -2.32. The van der Waals surface area contributed by atoms with Gasteiger partial charge in [-0.2, -0.15) is 0 Å². The summed E-state index contributed by atoms with van der Waals surface area (Å²) in [6.45, 7) is 6.98. The fourth-order valence-corrected chi connectivity index (χ4v) is 3.19. The fourth-order valence-electron chi connectivity index (χ4n) is 3.19. The Hall–Kier alpha value is -2.21. The summed E-state index contributed by atoms with van der Waals surface area (Å²) in [6.07, 6.45) is 1.13. The summed E-state index contributed by atoms with van der Waals surface area (Å²) >= 11 is 0. The fraction of sp³-hybridized carbons (Fsp3) is 0.550. The smallest absolute Gasteiger partial charge is 0.261 e. The molecule has 2 rings (SSSR count). The normalized spacial score (nSPS) is 12.5. The van der Waals surface area contributed by atoms with Gasteiger partial charge in [0.25, 0.3) is 5.56 Å². The summed E-state index contributed by atoms with van der Waals surface area (Å²) in [5, 5.41) is 0.588. The van der Waals surface area contributed by atoms with Gasteiger partial charge in [0.15, 0.2) is 0 Å². The van der Waals surface area contributed by atoms with E-state index in [9.17, 15) is 9.59 Å². The number of methoxy groups -OCH3 is 1. The molecule has 26 heavy (non-hydrogen) atoms. The molecule has 0 saturated carbocycles. The van der Waals surface area contributed by atoms with Crippen LogP contribution in [0.3, 0.4) is 0 Å². The molecule has 0 N–H and O–H groups in total. The molecule has 0 radical (unpaired) electrons. The number of hydrogen-bond donors (Lipinski definition) is 0. The standard InChI is InChI=1S/C20H29N3O3/c1-6-17(23(11-12-26-5)18(24)13-14(2)3)19-21-16-10-8-7-9-15(16)20(25)22(19)4/h7-10,14,17H,6,11-13H2,1-5H3. The van der Waals surface area contributed by atoms with Gasteiger partial charge in [0.2, 0.25) is 5.91 Å². The Labute approximate surface area is 154 Å². The second kappa shape index (κ2) is 8.94. The van der Waals surface area contributed by atoms with Crippen molar-refractivity contribution in [3.63, 3.8) is 0 Å². The van der Waals surface area contributed by atoms with Gasteiger partial charge in [0.1, 0.15) is 5.82 Å². The molecule has 2 aromatic rings. The molecule has 142 valence electrons. The van der Waals surface area contributed by atoms with E-state index in [1.807, 2.05) is 39.0 Å². The maximum absolute atomic E-state index is 12.8. The minimum Gasteiger partial charge on any atom is -0.383 e. The van der Waals surface area contributed by atoms with E-state index in [-0.39, 0.29) is 23.4 Å². The number of rotatable bonds is 8. The molecule has 0 spiro atoms. The number of hydrogen-bond acceptors (Lipinski definition) is 4. The number of benzene rings is 1. The van der Waals surface area contributed by atoms with Crippen LogP contribution in [0.1, 0.15) is 45.5 Å². The monoisotopic (exact) mass is 359 g/mol. The van der Waals surface area contributed by atoms with Gasteiger partial charge in [-0.15, -0.1) is 0 Å². The summed E-state index contributed by atoms with van der Waals surface area (Å²) in [7, 11) is 3.34. The molecule has 1 unspecified atom stereocenters. The van der Waals surface area contributed by atoms with Gasteiger partial charge < -0.3 is 9.64 Å². The first-order chi connectivity index (χ1) is 12.4. The van der Waals surface area contributed by atoms with Crippen LogP contribution in [0.4, 0.5) is 0 Å². The van der Waals surface area contributed by atoms with Crippen LogP contribution in [0.15, 0.2) is 29.1 Å². The Balaban J connectivity index is 2.52. The molecule has 6 nitrogen and oxygen atoms in total. The van der Waals surface area contributed by atoms with E-state index in [0.29, 0.717) is 42.7 Å². The third-order valence-corrected chi connectivity index (χ3v) is 4.52. The molecule has 1 atom stereocenters. The van der Waals surface area contributed by atoms with Crippen LogP contribution in [-0.4, -0.2) is 40.6 Å². The molecule has 0 bridgehead atoms. The predicted molar refractivity (Wildman–Crippen MR) is 103 cm³/mol. The van der Waals surface area contributed by atoms with Crippen LogP contribution >= 0.6 is 0 Å². The second-order valence-corrected chi connectivity index (χ2v) is 6.95. The lowest BCUT2D eigenvalue weighted by atomic mass is 10.1. The van der Waals surface area contributed by atoms with Gasteiger partial charge in [-0.1, -0.05) is 32.9 Å². The number of ether oxygens (including phenoxy) is 1. The maximum Gasteiger partial charge on any atom is 0.261 e. The number of aromatic nitrogens is 2. The summed E-state index contributed by atoms with van der Waals surface area (Å²) in [5.74, 6) is 0.939. The van der Waals surface area contributed by atoms with Crippen molar-refractivity contribution in [1.29, 1.82) is 0 Å². The van der Waals surface area contributed by atoms with Crippen molar-refractivity contribution in [1.82, 2.24) is 14.5 Å². The lowest BCUT2D eigenvalue weighted by Crippen LogP contribution is -2.40. The molecule has 0 aliphatic carbocycles. The zero-order valence-corrected chi connectivity index (χ0v) is 16.4. The highest BCUT2D eigenvalue weighted by Crippen LogP contribution is 2.24. The maximum atomic E-state index is 12.8. The Morgan fingerprint density at radius 2 is 2.00 bits per heavy atom. The number of para-hydroxylation sites is 1. The molecular weight excluding hydrogens is 330 g/mol. The average molecular weight is 359 g/mol. The summed E-state index contributed by atoms with van der Waals surface area (Å²) in [4.78, 5) is 32.1. The molecule has 1 amide bonds. The number of fused-ring (bicyclic) bond motifs is 1. The zero-order valence-electron chi connectivity index (χ0n) is 16.4. The van der Waals surface area contributed by atoms with Gasteiger partial charge >= 0.3 is 0 Å². The first kappa shape index (κ1) is 20.1. The van der Waals surface area contributed by atoms with Gasteiger partial charge in [-0.05, 0) is 24.5 Å². The minimum absolute atomic E-state index is 0.0614. The number of carbonyl (C=O) groups excluding carboxylic acids is 1. The van der Waals surface area contributed by atoms with Crippen LogP contribution < -0.4 is 5.56 Å². The average Bonchev–Trinajstić information content (AvgIpc) is 2.61. The number of amides is 1. The highest BCUT2D eigenvalue weighted by Gasteiger charge is 2.27. The van der Waals surface area contributed by atoms with Crippen molar-refractivity contribution in [3.05, 3.63) is 40.4 Å². The van der Waals surface area contributed by atoms with Gasteiger partial charge in [-0.25, -0.2) is 4.98 Å². The van der Waals surface area contributed by atoms with E-state index < -0.39 is 0 Å². The van der Waals surface area contributed by atoms with Crippen LogP contribution in [0.5, 0.6) is 0 Å². The van der Waals surface area contributed by atoms with Crippen LogP contribution in [-0.2, 0) is 16.6 Å². The largest absolute Gasteiger partial charge is 0.383 e. The highest BCUT2D eigenvalue weighted by molar-refractivity contribution is 5.78. The van der Waals surface area contributed by atoms with Crippen LogP contribution in [0, 0.1) is 5.92 Å². The van der Waals surface area contributed by atoms with Crippen molar-refractivity contribution < 1.29 is 9.53 Å². The summed E-state index contributed by atoms with van der Waals surface area (Å²) < 4.78 is 6.77. The van der Waals surface area contributed by atoms with Gasteiger partial charge in [0, 0.05) is 27.1 Å². The van der Waals surface area contributed by atoms with Crippen molar-refractivity contribution in [2.45, 2.75) is 39.7 Å². The van der Waals surface area contributed by atoms with Gasteiger partial charge in [-0.3, -0.25) is 14.2 Å².